The summed E-state index contributed by atoms with van der Waals surface area (Å²) in [4.78, 5) is 0. The molecule has 0 aliphatic heterocycles. The molecule has 0 amide bonds. The van der Waals surface area contributed by atoms with E-state index in [2.05, 4.69) is 31.4 Å². The Kier molecular flexibility index (Phi) is 2.66. The van der Waals surface area contributed by atoms with Crippen LogP contribution in [0, 0.1) is 11.3 Å². The average Bonchev–Trinajstić information content (AvgIpc) is 1.62. The van der Waals surface area contributed by atoms with Gasteiger partial charge in [0.15, 0.2) is 0 Å². The summed E-state index contributed by atoms with van der Waals surface area (Å²) in [6.45, 7) is 8.51. The van der Waals surface area contributed by atoms with E-state index in [1.165, 1.54) is 0 Å². The zero-order chi connectivity index (χ0) is 7.49. The maximum Gasteiger partial charge on any atom is 0.0936 e. The van der Waals surface area contributed by atoms with Crippen molar-refractivity contribution >= 4 is 8.07 Å². The van der Waals surface area contributed by atoms with Crippen LogP contribution in [-0.4, -0.2) is 8.07 Å². The highest BCUT2D eigenvalue weighted by molar-refractivity contribution is 6.81. The molecule has 0 aromatic heterocycles. The normalized spacial score (nSPS) is 13.0. The molecule has 0 spiro atoms. The third kappa shape index (κ3) is 5.32. The van der Waals surface area contributed by atoms with Gasteiger partial charge in [0.25, 0.3) is 0 Å². The number of nitriles is 1. The van der Waals surface area contributed by atoms with Crippen molar-refractivity contribution in [1.82, 2.24) is 0 Å². The van der Waals surface area contributed by atoms with Crippen molar-refractivity contribution in [2.75, 3.05) is 0 Å². The standard InChI is InChI=1S/C7H13NSi/c1-7(5-8)6-9(2,3)4/h6H,1-4H3/b7-6+. The Morgan fingerprint density at radius 3 is 2.00 bits per heavy atom. The van der Waals surface area contributed by atoms with Gasteiger partial charge in [0, 0.05) is 5.57 Å². The Labute approximate surface area is 58.0 Å². The van der Waals surface area contributed by atoms with E-state index in [1.807, 2.05) is 6.92 Å². The third-order valence-electron chi connectivity index (χ3n) is 0.826. The molecule has 0 fully saturated rings. The molecule has 0 radical (unpaired) electrons. The third-order valence-corrected chi connectivity index (χ3v) is 2.12. The van der Waals surface area contributed by atoms with Gasteiger partial charge in [-0.25, -0.2) is 0 Å². The van der Waals surface area contributed by atoms with Gasteiger partial charge in [-0.15, -0.1) is 0 Å². The lowest BCUT2D eigenvalue weighted by molar-refractivity contribution is 1.45. The van der Waals surface area contributed by atoms with Crippen LogP contribution >= 0.6 is 0 Å². The van der Waals surface area contributed by atoms with Gasteiger partial charge >= 0.3 is 0 Å². The highest BCUT2D eigenvalue weighted by Gasteiger charge is 2.08. The molecule has 0 N–H and O–H groups in total. The van der Waals surface area contributed by atoms with Crippen molar-refractivity contribution in [2.24, 2.45) is 0 Å². The molecular weight excluding hydrogens is 126 g/mol. The second kappa shape index (κ2) is 2.84. The Morgan fingerprint density at radius 1 is 1.44 bits per heavy atom. The van der Waals surface area contributed by atoms with E-state index in [-0.39, 0.29) is 0 Å². The molecule has 0 aromatic rings. The van der Waals surface area contributed by atoms with Crippen LogP contribution in [0.1, 0.15) is 6.92 Å². The number of hydrogen-bond donors (Lipinski definition) is 0. The first-order valence-corrected chi connectivity index (χ1v) is 6.63. The van der Waals surface area contributed by atoms with Gasteiger partial charge < -0.3 is 0 Å². The van der Waals surface area contributed by atoms with Gasteiger partial charge in [-0.2, -0.15) is 5.26 Å². The fraction of sp³-hybridized carbons (Fsp3) is 0.571. The fourth-order valence-corrected chi connectivity index (χ4v) is 2.05. The summed E-state index contributed by atoms with van der Waals surface area (Å²) in [6.07, 6.45) is 0. The highest BCUT2D eigenvalue weighted by Crippen LogP contribution is 2.05. The first kappa shape index (κ1) is 8.45. The van der Waals surface area contributed by atoms with Crippen LogP contribution in [0.3, 0.4) is 0 Å². The van der Waals surface area contributed by atoms with Crippen LogP contribution in [0.5, 0.6) is 0 Å². The lowest BCUT2D eigenvalue weighted by Gasteiger charge is -2.07. The summed E-state index contributed by atoms with van der Waals surface area (Å²) in [7, 11) is -1.13. The summed E-state index contributed by atoms with van der Waals surface area (Å²) in [6, 6.07) is 2.12. The number of hydrogen-bond acceptors (Lipinski definition) is 1. The van der Waals surface area contributed by atoms with Crippen molar-refractivity contribution in [3.63, 3.8) is 0 Å². The number of nitrogens with zero attached hydrogens (tertiary/aromatic N) is 1. The predicted molar refractivity (Wildman–Crippen MR) is 42.7 cm³/mol. The van der Waals surface area contributed by atoms with Gasteiger partial charge in [-0.1, -0.05) is 25.3 Å². The van der Waals surface area contributed by atoms with Gasteiger partial charge in [0.2, 0.25) is 0 Å². The molecule has 0 aromatic carbocycles. The molecular formula is C7H13NSi. The molecule has 1 nitrogen and oxygen atoms in total. The minimum atomic E-state index is -1.13. The van der Waals surface area contributed by atoms with Crippen molar-refractivity contribution in [3.8, 4) is 6.07 Å². The molecule has 0 saturated carbocycles. The summed E-state index contributed by atoms with van der Waals surface area (Å²) in [5.74, 6) is 0. The second-order valence-corrected chi connectivity index (χ2v) is 8.33. The van der Waals surface area contributed by atoms with Crippen molar-refractivity contribution < 1.29 is 0 Å². The van der Waals surface area contributed by atoms with Crippen LogP contribution in [-0.2, 0) is 0 Å². The minimum Gasteiger partial charge on any atom is -0.193 e. The fourth-order valence-electron chi connectivity index (χ4n) is 0.682. The Hall–Kier alpha value is -0.553. The quantitative estimate of drug-likeness (QED) is 0.404. The van der Waals surface area contributed by atoms with Gasteiger partial charge in [0.1, 0.15) is 0 Å². The molecule has 0 atom stereocenters. The van der Waals surface area contributed by atoms with Crippen LogP contribution in [0.25, 0.3) is 0 Å². The van der Waals surface area contributed by atoms with Crippen molar-refractivity contribution in [1.29, 1.82) is 5.26 Å². The molecule has 0 unspecified atom stereocenters. The first-order valence-electron chi connectivity index (χ1n) is 3.05. The Morgan fingerprint density at radius 2 is 1.89 bits per heavy atom. The zero-order valence-corrected chi connectivity index (χ0v) is 7.52. The van der Waals surface area contributed by atoms with E-state index in [0.29, 0.717) is 0 Å². The molecule has 0 rings (SSSR count). The van der Waals surface area contributed by atoms with Gasteiger partial charge in [-0.3, -0.25) is 0 Å². The topological polar surface area (TPSA) is 23.8 Å². The van der Waals surface area contributed by atoms with Crippen LogP contribution < -0.4 is 0 Å². The summed E-state index contributed by atoms with van der Waals surface area (Å²) in [5, 5.41) is 8.40. The van der Waals surface area contributed by atoms with Crippen LogP contribution in [0.15, 0.2) is 11.3 Å². The van der Waals surface area contributed by atoms with Gasteiger partial charge in [-0.05, 0) is 6.92 Å². The molecule has 0 heterocycles. The highest BCUT2D eigenvalue weighted by atomic mass is 28.3. The summed E-state index contributed by atoms with van der Waals surface area (Å²) in [5.41, 5.74) is 2.96. The molecule has 2 heteroatoms. The van der Waals surface area contributed by atoms with Crippen molar-refractivity contribution in [3.05, 3.63) is 11.3 Å². The second-order valence-electron chi connectivity index (χ2n) is 3.31. The molecule has 0 aliphatic carbocycles. The smallest absolute Gasteiger partial charge is 0.0936 e. The van der Waals surface area contributed by atoms with Crippen molar-refractivity contribution in [2.45, 2.75) is 26.6 Å². The van der Waals surface area contributed by atoms with Crippen LogP contribution in [0.4, 0.5) is 0 Å². The molecule has 9 heavy (non-hydrogen) atoms. The van der Waals surface area contributed by atoms with E-state index in [1.54, 1.807) is 0 Å². The summed E-state index contributed by atoms with van der Waals surface area (Å²) < 4.78 is 0. The van der Waals surface area contributed by atoms with E-state index in [0.717, 1.165) is 5.57 Å². The van der Waals surface area contributed by atoms with E-state index in [4.69, 9.17) is 5.26 Å². The Balaban J connectivity index is 4.17. The predicted octanol–water partition coefficient (Wildman–Crippen LogP) is 2.33. The average molecular weight is 139 g/mol. The maximum atomic E-state index is 8.40. The Bertz CT molecular complexity index is 157. The lowest BCUT2D eigenvalue weighted by atomic mass is 10.4. The molecule has 50 valence electrons. The molecule has 0 aliphatic rings. The summed E-state index contributed by atoms with van der Waals surface area (Å²) >= 11 is 0. The van der Waals surface area contributed by atoms with E-state index in [9.17, 15) is 0 Å². The van der Waals surface area contributed by atoms with E-state index >= 15 is 0 Å². The largest absolute Gasteiger partial charge is 0.193 e. The maximum absolute atomic E-state index is 8.40. The van der Waals surface area contributed by atoms with Gasteiger partial charge in [0.05, 0.1) is 14.1 Å². The zero-order valence-electron chi connectivity index (χ0n) is 6.52. The first-order chi connectivity index (χ1) is 3.95. The number of allylic oxidation sites excluding steroid dienone is 1. The lowest BCUT2D eigenvalue weighted by Crippen LogP contribution is -2.16. The van der Waals surface area contributed by atoms with E-state index < -0.39 is 8.07 Å². The monoisotopic (exact) mass is 139 g/mol. The molecule has 0 saturated heterocycles. The SMILES string of the molecule is C/C(C#N)=C\[Si](C)(C)C. The molecule has 0 bridgehead atoms. The van der Waals surface area contributed by atoms with Crippen LogP contribution in [0.2, 0.25) is 19.6 Å². The minimum absolute atomic E-state index is 0.856. The number of rotatable bonds is 1.